The van der Waals surface area contributed by atoms with Crippen LogP contribution in [0.3, 0.4) is 0 Å². The molecule has 1 amide bonds. The predicted octanol–water partition coefficient (Wildman–Crippen LogP) is 3.65. The molecular weight excluding hydrogens is 338 g/mol. The number of benzene rings is 2. The minimum atomic E-state index is -0.527. The maximum absolute atomic E-state index is 12.8. The van der Waals surface area contributed by atoms with Crippen LogP contribution in [0.2, 0.25) is 0 Å². The Morgan fingerprint density at radius 3 is 2.72 bits per heavy atom. The van der Waals surface area contributed by atoms with Crippen LogP contribution in [0.25, 0.3) is 0 Å². The number of para-hydroxylation sites is 1. The summed E-state index contributed by atoms with van der Waals surface area (Å²) in [7, 11) is 0. The third-order valence-corrected chi connectivity index (χ3v) is 5.06. The molecule has 0 aliphatic carbocycles. The fraction of sp³-hybridized carbons (Fsp3) is 0.222. The van der Waals surface area contributed by atoms with Gasteiger partial charge in [-0.15, -0.1) is 0 Å². The zero-order valence-corrected chi connectivity index (χ0v) is 14.5. The van der Waals surface area contributed by atoms with Gasteiger partial charge in [0.2, 0.25) is 0 Å². The Hall–Kier alpha value is -2.67. The van der Waals surface area contributed by atoms with Gasteiger partial charge >= 0.3 is 0 Å². The summed E-state index contributed by atoms with van der Waals surface area (Å²) < 4.78 is 0. The molecule has 1 aliphatic heterocycles. The van der Waals surface area contributed by atoms with Crippen LogP contribution in [0.15, 0.2) is 53.5 Å². The standard InChI is InChI=1S/C18H17N3O3S/c1-13-6-2-3-7-14(13)12-25-18-19-10-11-20(18)17(22)15-8-4-5-9-16(15)21(23)24/h2-9H,10-12H2,1H3. The lowest BCUT2D eigenvalue weighted by Gasteiger charge is -2.18. The van der Waals surface area contributed by atoms with E-state index in [1.54, 1.807) is 12.1 Å². The van der Waals surface area contributed by atoms with Crippen molar-refractivity contribution in [2.24, 2.45) is 4.99 Å². The zero-order valence-electron chi connectivity index (χ0n) is 13.7. The second-order valence-corrected chi connectivity index (χ2v) is 6.55. The van der Waals surface area contributed by atoms with Crippen molar-refractivity contribution < 1.29 is 9.72 Å². The third kappa shape index (κ3) is 3.71. The molecule has 0 unspecified atom stereocenters. The number of amidine groups is 1. The van der Waals surface area contributed by atoms with Gasteiger partial charge in [0, 0.05) is 18.4 Å². The smallest absolute Gasteiger partial charge is 0.282 e. The normalized spacial score (nSPS) is 13.6. The molecule has 0 bridgehead atoms. The Labute approximate surface area is 149 Å². The Kier molecular flexibility index (Phi) is 5.14. The van der Waals surface area contributed by atoms with E-state index in [1.165, 1.54) is 39.9 Å². The summed E-state index contributed by atoms with van der Waals surface area (Å²) in [6, 6.07) is 14.1. The summed E-state index contributed by atoms with van der Waals surface area (Å²) in [5, 5.41) is 11.8. The molecule has 25 heavy (non-hydrogen) atoms. The zero-order chi connectivity index (χ0) is 17.8. The summed E-state index contributed by atoms with van der Waals surface area (Å²) in [5.74, 6) is 0.326. The fourth-order valence-electron chi connectivity index (χ4n) is 2.61. The van der Waals surface area contributed by atoms with Gasteiger partial charge in [0.25, 0.3) is 11.6 Å². The molecule has 0 fully saturated rings. The van der Waals surface area contributed by atoms with Crippen molar-refractivity contribution >= 4 is 28.5 Å². The number of amides is 1. The van der Waals surface area contributed by atoms with Crippen molar-refractivity contribution in [3.63, 3.8) is 0 Å². The van der Waals surface area contributed by atoms with Crippen LogP contribution in [0.5, 0.6) is 0 Å². The van der Waals surface area contributed by atoms with Gasteiger partial charge < -0.3 is 0 Å². The van der Waals surface area contributed by atoms with Crippen LogP contribution < -0.4 is 0 Å². The molecule has 0 aromatic heterocycles. The molecule has 2 aromatic rings. The number of rotatable bonds is 4. The van der Waals surface area contributed by atoms with Crippen LogP contribution in [0, 0.1) is 17.0 Å². The molecule has 1 heterocycles. The topological polar surface area (TPSA) is 75.8 Å². The van der Waals surface area contributed by atoms with Gasteiger partial charge in [-0.05, 0) is 24.1 Å². The van der Waals surface area contributed by atoms with E-state index in [-0.39, 0.29) is 17.2 Å². The molecule has 0 radical (unpaired) electrons. The number of nitrogens with zero attached hydrogens (tertiary/aromatic N) is 3. The number of hydrogen-bond donors (Lipinski definition) is 0. The number of nitro groups is 1. The van der Waals surface area contributed by atoms with Crippen LogP contribution in [0.1, 0.15) is 21.5 Å². The maximum atomic E-state index is 12.8. The number of thioether (sulfide) groups is 1. The second kappa shape index (κ2) is 7.48. The van der Waals surface area contributed by atoms with E-state index >= 15 is 0 Å². The molecule has 128 valence electrons. The number of hydrogen-bond acceptors (Lipinski definition) is 5. The molecular formula is C18H17N3O3S. The highest BCUT2D eigenvalue weighted by Gasteiger charge is 2.29. The predicted molar refractivity (Wildman–Crippen MR) is 98.9 cm³/mol. The van der Waals surface area contributed by atoms with Crippen LogP contribution in [-0.4, -0.2) is 34.0 Å². The summed E-state index contributed by atoms with van der Waals surface area (Å²) in [6.07, 6.45) is 0. The minimum absolute atomic E-state index is 0.0959. The van der Waals surface area contributed by atoms with Crippen molar-refractivity contribution in [1.29, 1.82) is 0 Å². The number of nitro benzene ring substituents is 1. The average Bonchev–Trinajstić information content (AvgIpc) is 3.09. The first-order chi connectivity index (χ1) is 12.1. The van der Waals surface area contributed by atoms with E-state index in [0.29, 0.717) is 24.0 Å². The maximum Gasteiger partial charge on any atom is 0.282 e. The van der Waals surface area contributed by atoms with E-state index in [1.807, 2.05) is 31.2 Å². The van der Waals surface area contributed by atoms with Crippen LogP contribution in [-0.2, 0) is 5.75 Å². The van der Waals surface area contributed by atoms with Crippen molar-refractivity contribution in [3.8, 4) is 0 Å². The molecule has 3 rings (SSSR count). The monoisotopic (exact) mass is 355 g/mol. The SMILES string of the molecule is Cc1ccccc1CSC1=NCCN1C(=O)c1ccccc1[N+](=O)[O-]. The largest absolute Gasteiger partial charge is 0.285 e. The summed E-state index contributed by atoms with van der Waals surface area (Å²) in [5.41, 5.74) is 2.28. The lowest BCUT2D eigenvalue weighted by Crippen LogP contribution is -2.33. The number of carbonyl (C=O) groups excluding carboxylic acids is 1. The molecule has 1 aliphatic rings. The van der Waals surface area contributed by atoms with Gasteiger partial charge in [-0.25, -0.2) is 0 Å². The molecule has 0 spiro atoms. The van der Waals surface area contributed by atoms with Crippen LogP contribution in [0.4, 0.5) is 5.69 Å². The first-order valence-corrected chi connectivity index (χ1v) is 8.83. The average molecular weight is 355 g/mol. The second-order valence-electron chi connectivity index (χ2n) is 5.61. The molecule has 7 heteroatoms. The van der Waals surface area contributed by atoms with Gasteiger partial charge in [0.05, 0.1) is 11.5 Å². The minimum Gasteiger partial charge on any atom is -0.285 e. The Balaban J connectivity index is 1.77. The highest BCUT2D eigenvalue weighted by atomic mass is 32.2. The van der Waals surface area contributed by atoms with E-state index in [4.69, 9.17) is 0 Å². The highest BCUT2D eigenvalue weighted by Crippen LogP contribution is 2.25. The lowest BCUT2D eigenvalue weighted by molar-refractivity contribution is -0.385. The Morgan fingerprint density at radius 1 is 1.24 bits per heavy atom. The van der Waals surface area contributed by atoms with Gasteiger partial charge in [-0.1, -0.05) is 48.2 Å². The molecule has 0 atom stereocenters. The first-order valence-electron chi connectivity index (χ1n) is 7.85. The van der Waals surface area contributed by atoms with Crippen molar-refractivity contribution in [2.75, 3.05) is 13.1 Å². The van der Waals surface area contributed by atoms with Crippen molar-refractivity contribution in [3.05, 3.63) is 75.3 Å². The Bertz CT molecular complexity index is 851. The Morgan fingerprint density at radius 2 is 1.96 bits per heavy atom. The lowest BCUT2D eigenvalue weighted by atomic mass is 10.1. The summed E-state index contributed by atoms with van der Waals surface area (Å²) in [4.78, 5) is 29.4. The number of carbonyl (C=O) groups is 1. The van der Waals surface area contributed by atoms with Crippen molar-refractivity contribution in [2.45, 2.75) is 12.7 Å². The first kappa shape index (κ1) is 17.2. The molecule has 6 nitrogen and oxygen atoms in total. The van der Waals surface area contributed by atoms with E-state index < -0.39 is 4.92 Å². The van der Waals surface area contributed by atoms with Gasteiger partial charge in [0.15, 0.2) is 5.17 Å². The quantitative estimate of drug-likeness (QED) is 0.620. The third-order valence-electron chi connectivity index (χ3n) is 4.00. The summed E-state index contributed by atoms with van der Waals surface area (Å²) >= 11 is 1.48. The van der Waals surface area contributed by atoms with Gasteiger partial charge in [-0.3, -0.25) is 24.8 Å². The molecule has 0 N–H and O–H groups in total. The van der Waals surface area contributed by atoms with E-state index in [2.05, 4.69) is 4.99 Å². The molecule has 0 saturated carbocycles. The van der Waals surface area contributed by atoms with Gasteiger partial charge in [0.1, 0.15) is 5.56 Å². The van der Waals surface area contributed by atoms with E-state index in [0.717, 1.165) is 0 Å². The highest BCUT2D eigenvalue weighted by molar-refractivity contribution is 8.13. The van der Waals surface area contributed by atoms with Gasteiger partial charge in [-0.2, -0.15) is 0 Å². The summed E-state index contributed by atoms with van der Waals surface area (Å²) in [6.45, 7) is 3.01. The van der Waals surface area contributed by atoms with Crippen molar-refractivity contribution in [1.82, 2.24) is 4.90 Å². The number of aryl methyl sites for hydroxylation is 1. The molecule has 2 aromatic carbocycles. The number of aliphatic imine (C=N–C) groups is 1. The van der Waals surface area contributed by atoms with E-state index in [9.17, 15) is 14.9 Å². The van der Waals surface area contributed by atoms with Crippen LogP contribution >= 0.6 is 11.8 Å². The molecule has 0 saturated heterocycles. The fourth-order valence-corrected chi connectivity index (χ4v) is 3.73.